The highest BCUT2D eigenvalue weighted by molar-refractivity contribution is 5.95. The molecule has 0 aliphatic heterocycles. The molecule has 0 radical (unpaired) electrons. The highest BCUT2D eigenvalue weighted by Gasteiger charge is 2.08. The molecule has 0 spiro atoms. The average molecular weight is 365 g/mol. The fourth-order valence-corrected chi connectivity index (χ4v) is 2.40. The molecular weight excluding hydrogens is 346 g/mol. The van der Waals surface area contributed by atoms with E-state index in [0.29, 0.717) is 34.5 Å². The molecule has 0 atom stereocenters. The Morgan fingerprint density at radius 3 is 2.63 bits per heavy atom. The molecule has 1 aromatic heterocycles. The topological polar surface area (TPSA) is 98.3 Å². The molecule has 8 heteroatoms. The second kappa shape index (κ2) is 8.13. The molecule has 3 aromatic rings. The molecule has 2 aromatic carbocycles. The molecule has 0 aliphatic rings. The second-order valence-electron chi connectivity index (χ2n) is 5.62. The van der Waals surface area contributed by atoms with E-state index in [-0.39, 0.29) is 5.78 Å². The minimum absolute atomic E-state index is 0.00609. The van der Waals surface area contributed by atoms with Crippen LogP contribution in [-0.4, -0.2) is 35.2 Å². The molecule has 0 saturated carbocycles. The second-order valence-corrected chi connectivity index (χ2v) is 5.62. The Hall–Kier alpha value is -3.68. The SMILES string of the molecule is COc1ccc(Nc2nncc(Nc3cccc(C(C)=O)c3)n2)c(OC)c1. The van der Waals surface area contributed by atoms with E-state index in [4.69, 9.17) is 9.47 Å². The summed E-state index contributed by atoms with van der Waals surface area (Å²) in [5, 5.41) is 14.1. The number of benzene rings is 2. The van der Waals surface area contributed by atoms with Gasteiger partial charge in [-0.2, -0.15) is 10.1 Å². The maximum Gasteiger partial charge on any atom is 0.249 e. The van der Waals surface area contributed by atoms with Crippen molar-refractivity contribution in [1.82, 2.24) is 15.2 Å². The van der Waals surface area contributed by atoms with Crippen LogP contribution in [0.3, 0.4) is 0 Å². The maximum absolute atomic E-state index is 11.5. The molecule has 2 N–H and O–H groups in total. The number of aromatic nitrogens is 3. The minimum atomic E-state index is -0.00609. The van der Waals surface area contributed by atoms with Gasteiger partial charge in [-0.05, 0) is 31.2 Å². The summed E-state index contributed by atoms with van der Waals surface area (Å²) in [7, 11) is 3.16. The van der Waals surface area contributed by atoms with Crippen LogP contribution in [-0.2, 0) is 0 Å². The summed E-state index contributed by atoms with van der Waals surface area (Å²) in [4.78, 5) is 15.9. The number of anilines is 4. The van der Waals surface area contributed by atoms with E-state index in [1.807, 2.05) is 6.07 Å². The van der Waals surface area contributed by atoms with Crippen LogP contribution in [0.2, 0.25) is 0 Å². The van der Waals surface area contributed by atoms with Crippen molar-refractivity contribution in [3.05, 3.63) is 54.2 Å². The Bertz CT molecular complexity index is 962. The van der Waals surface area contributed by atoms with Crippen molar-refractivity contribution in [1.29, 1.82) is 0 Å². The Morgan fingerprint density at radius 2 is 1.89 bits per heavy atom. The largest absolute Gasteiger partial charge is 0.497 e. The number of carbonyl (C=O) groups is 1. The number of Topliss-reactive ketones (excluding diaryl/α,β-unsaturated/α-hetero) is 1. The molecule has 0 fully saturated rings. The van der Waals surface area contributed by atoms with E-state index in [2.05, 4.69) is 25.8 Å². The predicted molar refractivity (Wildman–Crippen MR) is 102 cm³/mol. The summed E-state index contributed by atoms with van der Waals surface area (Å²) in [6.45, 7) is 1.52. The van der Waals surface area contributed by atoms with E-state index in [9.17, 15) is 4.79 Å². The van der Waals surface area contributed by atoms with Crippen molar-refractivity contribution < 1.29 is 14.3 Å². The van der Waals surface area contributed by atoms with Crippen LogP contribution < -0.4 is 20.1 Å². The van der Waals surface area contributed by atoms with Crippen LogP contribution >= 0.6 is 0 Å². The lowest BCUT2D eigenvalue weighted by molar-refractivity contribution is 0.101. The number of hydrogen-bond acceptors (Lipinski definition) is 8. The van der Waals surface area contributed by atoms with Crippen LogP contribution in [0.5, 0.6) is 11.5 Å². The van der Waals surface area contributed by atoms with Gasteiger partial charge in [0.1, 0.15) is 11.5 Å². The predicted octanol–water partition coefficient (Wildman–Crippen LogP) is 3.58. The van der Waals surface area contributed by atoms with Crippen LogP contribution in [0.25, 0.3) is 0 Å². The minimum Gasteiger partial charge on any atom is -0.497 e. The Labute approximate surface area is 156 Å². The van der Waals surface area contributed by atoms with Gasteiger partial charge < -0.3 is 20.1 Å². The van der Waals surface area contributed by atoms with Gasteiger partial charge in [-0.15, -0.1) is 5.10 Å². The van der Waals surface area contributed by atoms with Gasteiger partial charge in [0.25, 0.3) is 0 Å². The normalized spacial score (nSPS) is 10.2. The lowest BCUT2D eigenvalue weighted by Crippen LogP contribution is -2.04. The molecule has 0 amide bonds. The van der Waals surface area contributed by atoms with Gasteiger partial charge >= 0.3 is 0 Å². The van der Waals surface area contributed by atoms with Gasteiger partial charge in [0.05, 0.1) is 26.1 Å². The number of rotatable bonds is 7. The first-order chi connectivity index (χ1) is 13.1. The third-order valence-corrected chi connectivity index (χ3v) is 3.76. The zero-order chi connectivity index (χ0) is 19.2. The van der Waals surface area contributed by atoms with Gasteiger partial charge in [0.2, 0.25) is 5.95 Å². The molecule has 1 heterocycles. The lowest BCUT2D eigenvalue weighted by Gasteiger charge is -2.12. The van der Waals surface area contributed by atoms with Gasteiger partial charge in [-0.25, -0.2) is 0 Å². The van der Waals surface area contributed by atoms with Crippen molar-refractivity contribution in [2.45, 2.75) is 6.92 Å². The van der Waals surface area contributed by atoms with Crippen molar-refractivity contribution in [2.24, 2.45) is 0 Å². The summed E-state index contributed by atoms with van der Waals surface area (Å²) >= 11 is 0. The number of ketones is 1. The first-order valence-electron chi connectivity index (χ1n) is 8.16. The number of ether oxygens (including phenoxy) is 2. The van der Waals surface area contributed by atoms with E-state index in [0.717, 1.165) is 5.69 Å². The molecular formula is C19H19N5O3. The number of nitrogens with one attached hydrogen (secondary N) is 2. The summed E-state index contributed by atoms with van der Waals surface area (Å²) in [5.41, 5.74) is 2.02. The molecule has 138 valence electrons. The van der Waals surface area contributed by atoms with E-state index in [1.54, 1.807) is 50.6 Å². The van der Waals surface area contributed by atoms with Crippen LogP contribution in [0.15, 0.2) is 48.7 Å². The number of nitrogens with zero attached hydrogens (tertiary/aromatic N) is 3. The highest BCUT2D eigenvalue weighted by Crippen LogP contribution is 2.30. The quantitative estimate of drug-likeness (QED) is 0.613. The smallest absolute Gasteiger partial charge is 0.249 e. The Morgan fingerprint density at radius 1 is 1.04 bits per heavy atom. The first kappa shape index (κ1) is 18.1. The first-order valence-corrected chi connectivity index (χ1v) is 8.16. The monoisotopic (exact) mass is 365 g/mol. The van der Waals surface area contributed by atoms with Crippen LogP contribution in [0.4, 0.5) is 23.1 Å². The molecule has 0 bridgehead atoms. The summed E-state index contributed by atoms with van der Waals surface area (Å²) in [6, 6.07) is 12.5. The molecule has 27 heavy (non-hydrogen) atoms. The fraction of sp³-hybridized carbons (Fsp3) is 0.158. The number of methoxy groups -OCH3 is 2. The van der Waals surface area contributed by atoms with Crippen LogP contribution in [0, 0.1) is 0 Å². The molecule has 0 saturated heterocycles. The molecule has 8 nitrogen and oxygen atoms in total. The van der Waals surface area contributed by atoms with Gasteiger partial charge in [-0.3, -0.25) is 4.79 Å². The van der Waals surface area contributed by atoms with Gasteiger partial charge in [0.15, 0.2) is 11.6 Å². The third kappa shape index (κ3) is 4.49. The maximum atomic E-state index is 11.5. The molecule has 3 rings (SSSR count). The van der Waals surface area contributed by atoms with E-state index >= 15 is 0 Å². The highest BCUT2D eigenvalue weighted by atomic mass is 16.5. The fourth-order valence-electron chi connectivity index (χ4n) is 2.40. The van der Waals surface area contributed by atoms with E-state index in [1.165, 1.54) is 13.1 Å². The lowest BCUT2D eigenvalue weighted by atomic mass is 10.1. The average Bonchev–Trinajstić information content (AvgIpc) is 2.68. The van der Waals surface area contributed by atoms with E-state index < -0.39 is 0 Å². The standard InChI is InChI=1S/C19H19N5O3/c1-12(25)13-5-4-6-14(9-13)21-18-11-20-24-19(23-18)22-16-8-7-15(26-2)10-17(16)27-3/h4-11H,1-3H3,(H2,21,22,23,24). The van der Waals surface area contributed by atoms with Crippen LogP contribution in [0.1, 0.15) is 17.3 Å². The summed E-state index contributed by atoms with van der Waals surface area (Å²) < 4.78 is 10.5. The summed E-state index contributed by atoms with van der Waals surface area (Å²) in [6.07, 6.45) is 1.50. The third-order valence-electron chi connectivity index (χ3n) is 3.76. The van der Waals surface area contributed by atoms with Crippen molar-refractivity contribution in [3.63, 3.8) is 0 Å². The number of hydrogen-bond donors (Lipinski definition) is 2. The Kier molecular flexibility index (Phi) is 5.46. The Balaban J connectivity index is 1.80. The van der Waals surface area contributed by atoms with Crippen molar-refractivity contribution >= 4 is 28.9 Å². The molecule has 0 aliphatic carbocycles. The van der Waals surface area contributed by atoms with Crippen molar-refractivity contribution in [3.8, 4) is 11.5 Å². The van der Waals surface area contributed by atoms with Gasteiger partial charge in [-0.1, -0.05) is 12.1 Å². The van der Waals surface area contributed by atoms with Crippen molar-refractivity contribution in [2.75, 3.05) is 24.9 Å². The zero-order valence-corrected chi connectivity index (χ0v) is 15.2. The zero-order valence-electron chi connectivity index (χ0n) is 15.2. The van der Waals surface area contributed by atoms with Gasteiger partial charge in [0, 0.05) is 17.3 Å². The summed E-state index contributed by atoms with van der Waals surface area (Å²) in [5.74, 6) is 2.04. The molecule has 0 unspecified atom stereocenters. The number of carbonyl (C=O) groups excluding carboxylic acids is 1.